The minimum Gasteiger partial charge on any atom is -0.489 e. The van der Waals surface area contributed by atoms with E-state index in [9.17, 15) is 9.59 Å². The van der Waals surface area contributed by atoms with Gasteiger partial charge < -0.3 is 24.4 Å². The van der Waals surface area contributed by atoms with Crippen LogP contribution in [0, 0.1) is 0 Å². The number of hydrogen-bond donors (Lipinski definition) is 1. The summed E-state index contributed by atoms with van der Waals surface area (Å²) in [7, 11) is 0. The second-order valence-electron chi connectivity index (χ2n) is 7.53. The van der Waals surface area contributed by atoms with Gasteiger partial charge in [-0.15, -0.1) is 0 Å². The Morgan fingerprint density at radius 2 is 1.58 bits per heavy atom. The van der Waals surface area contributed by atoms with Gasteiger partial charge in [-0.05, 0) is 42.5 Å². The molecule has 33 heavy (non-hydrogen) atoms. The van der Waals surface area contributed by atoms with Crippen LogP contribution in [0.3, 0.4) is 0 Å². The number of rotatable bonds is 8. The summed E-state index contributed by atoms with van der Waals surface area (Å²) in [5.74, 6) is -0.264. The molecule has 0 spiro atoms. The molecule has 0 bridgehead atoms. The third-order valence-electron chi connectivity index (χ3n) is 5.24. The lowest BCUT2D eigenvalue weighted by molar-refractivity contribution is -0.119. The van der Waals surface area contributed by atoms with Crippen molar-refractivity contribution < 1.29 is 23.8 Å². The van der Waals surface area contributed by atoms with E-state index in [4.69, 9.17) is 14.2 Å². The Balaban J connectivity index is 1.28. The van der Waals surface area contributed by atoms with Crippen molar-refractivity contribution in [2.45, 2.75) is 6.61 Å². The van der Waals surface area contributed by atoms with E-state index >= 15 is 0 Å². The van der Waals surface area contributed by atoms with E-state index in [2.05, 4.69) is 10.2 Å². The molecule has 170 valence electrons. The average Bonchev–Trinajstić information content (AvgIpc) is 2.88. The van der Waals surface area contributed by atoms with E-state index < -0.39 is 11.9 Å². The minimum atomic E-state index is -0.569. The van der Waals surface area contributed by atoms with Crippen molar-refractivity contribution in [2.75, 3.05) is 43.1 Å². The van der Waals surface area contributed by atoms with Crippen LogP contribution in [0.4, 0.5) is 11.4 Å². The van der Waals surface area contributed by atoms with Gasteiger partial charge in [-0.1, -0.05) is 36.4 Å². The number of morpholine rings is 1. The van der Waals surface area contributed by atoms with Gasteiger partial charge in [-0.3, -0.25) is 4.79 Å². The van der Waals surface area contributed by atoms with Crippen molar-refractivity contribution in [1.29, 1.82) is 0 Å². The molecule has 4 rings (SSSR count). The first-order chi connectivity index (χ1) is 16.2. The van der Waals surface area contributed by atoms with Crippen LogP contribution in [-0.4, -0.2) is 44.8 Å². The lowest BCUT2D eigenvalue weighted by atomic mass is 10.1. The Hall–Kier alpha value is -3.84. The van der Waals surface area contributed by atoms with Crippen LogP contribution < -0.4 is 15.0 Å². The van der Waals surface area contributed by atoms with Crippen molar-refractivity contribution in [1.82, 2.24) is 0 Å². The molecule has 1 heterocycles. The predicted octanol–water partition coefficient (Wildman–Crippen LogP) is 3.90. The minimum absolute atomic E-state index is 0.219. The number of ether oxygens (including phenoxy) is 3. The Morgan fingerprint density at radius 3 is 2.33 bits per heavy atom. The second-order valence-corrected chi connectivity index (χ2v) is 7.53. The third-order valence-corrected chi connectivity index (χ3v) is 5.24. The van der Waals surface area contributed by atoms with Crippen LogP contribution >= 0.6 is 0 Å². The van der Waals surface area contributed by atoms with Crippen LogP contribution in [0.2, 0.25) is 0 Å². The van der Waals surface area contributed by atoms with Gasteiger partial charge in [-0.2, -0.15) is 0 Å². The van der Waals surface area contributed by atoms with E-state index in [0.29, 0.717) is 35.8 Å². The van der Waals surface area contributed by atoms with Crippen molar-refractivity contribution in [2.24, 2.45) is 0 Å². The van der Waals surface area contributed by atoms with E-state index in [0.717, 1.165) is 18.8 Å². The number of nitrogens with one attached hydrogen (secondary N) is 1. The van der Waals surface area contributed by atoms with Crippen LogP contribution in [0.15, 0.2) is 78.9 Å². The number of nitrogens with zero attached hydrogens (tertiary/aromatic N) is 1. The molecule has 7 nitrogen and oxygen atoms in total. The molecule has 1 aliphatic rings. The zero-order valence-corrected chi connectivity index (χ0v) is 18.2. The van der Waals surface area contributed by atoms with Crippen LogP contribution in [0.1, 0.15) is 15.9 Å². The van der Waals surface area contributed by atoms with Crippen LogP contribution in [0.25, 0.3) is 0 Å². The molecule has 7 heteroatoms. The normalized spacial score (nSPS) is 13.3. The number of anilines is 2. The molecule has 1 amide bonds. The number of carbonyl (C=O) groups is 2. The smallest absolute Gasteiger partial charge is 0.339 e. The highest BCUT2D eigenvalue weighted by Gasteiger charge is 2.15. The van der Waals surface area contributed by atoms with Gasteiger partial charge in [0.15, 0.2) is 6.61 Å². The van der Waals surface area contributed by atoms with Gasteiger partial charge in [0.1, 0.15) is 12.4 Å². The summed E-state index contributed by atoms with van der Waals surface area (Å²) in [5.41, 5.74) is 2.78. The van der Waals surface area contributed by atoms with Gasteiger partial charge in [0.05, 0.1) is 18.8 Å². The molecule has 3 aromatic carbocycles. The highest BCUT2D eigenvalue weighted by Crippen LogP contribution is 2.19. The SMILES string of the molecule is O=C(COC(=O)c1ccccc1COc1ccccc1)Nc1ccc(N2CCOCC2)cc1. The highest BCUT2D eigenvalue weighted by molar-refractivity contribution is 5.96. The molecular weight excluding hydrogens is 420 g/mol. The quantitative estimate of drug-likeness (QED) is 0.529. The maximum absolute atomic E-state index is 12.6. The predicted molar refractivity (Wildman–Crippen MR) is 126 cm³/mol. The molecular formula is C26H26N2O5. The van der Waals surface area contributed by atoms with E-state index in [1.807, 2.05) is 60.7 Å². The summed E-state index contributed by atoms with van der Waals surface area (Å²) in [6, 6.07) is 24.0. The van der Waals surface area contributed by atoms with Crippen molar-refractivity contribution in [3.8, 4) is 5.75 Å². The Labute approximate surface area is 192 Å². The fourth-order valence-corrected chi connectivity index (χ4v) is 3.51. The van der Waals surface area contributed by atoms with E-state index in [1.165, 1.54) is 0 Å². The van der Waals surface area contributed by atoms with Gasteiger partial charge in [0, 0.05) is 30.0 Å². The number of para-hydroxylation sites is 1. The molecule has 1 N–H and O–H groups in total. The largest absolute Gasteiger partial charge is 0.489 e. The molecule has 3 aromatic rings. The molecule has 0 aromatic heterocycles. The summed E-state index contributed by atoms with van der Waals surface area (Å²) in [6.07, 6.45) is 0. The molecule has 0 aliphatic carbocycles. The second kappa shape index (κ2) is 11.2. The van der Waals surface area contributed by atoms with Gasteiger partial charge in [0.25, 0.3) is 5.91 Å². The van der Waals surface area contributed by atoms with Crippen molar-refractivity contribution >= 4 is 23.3 Å². The Morgan fingerprint density at radius 1 is 0.879 bits per heavy atom. The summed E-state index contributed by atoms with van der Waals surface area (Å²) >= 11 is 0. The molecule has 0 atom stereocenters. The monoisotopic (exact) mass is 446 g/mol. The highest BCUT2D eigenvalue weighted by atomic mass is 16.5. The number of hydrogen-bond acceptors (Lipinski definition) is 6. The Bertz CT molecular complexity index is 1060. The molecule has 1 aliphatic heterocycles. The first-order valence-electron chi connectivity index (χ1n) is 10.8. The number of benzene rings is 3. The van der Waals surface area contributed by atoms with Crippen molar-refractivity contribution in [3.63, 3.8) is 0 Å². The summed E-state index contributed by atoms with van der Waals surface area (Å²) < 4.78 is 16.4. The van der Waals surface area contributed by atoms with Gasteiger partial charge >= 0.3 is 5.97 Å². The molecule has 1 fully saturated rings. The van der Waals surface area contributed by atoms with E-state index in [1.54, 1.807) is 18.2 Å². The standard InChI is InChI=1S/C26H26N2O5/c29-25(27-21-10-12-22(13-11-21)28-14-16-31-17-15-28)19-33-26(30)24-9-5-4-6-20(24)18-32-23-7-2-1-3-8-23/h1-13H,14-19H2,(H,27,29). The fourth-order valence-electron chi connectivity index (χ4n) is 3.51. The average molecular weight is 447 g/mol. The summed E-state index contributed by atoms with van der Waals surface area (Å²) in [4.78, 5) is 27.1. The summed E-state index contributed by atoms with van der Waals surface area (Å²) in [6.45, 7) is 2.96. The first kappa shape index (κ1) is 22.4. The Kier molecular flexibility index (Phi) is 7.56. The van der Waals surface area contributed by atoms with Crippen LogP contribution in [0.5, 0.6) is 5.75 Å². The van der Waals surface area contributed by atoms with Gasteiger partial charge in [0.2, 0.25) is 0 Å². The van der Waals surface area contributed by atoms with Crippen molar-refractivity contribution in [3.05, 3.63) is 90.0 Å². The topological polar surface area (TPSA) is 77.1 Å². The number of amides is 1. The number of esters is 1. The van der Waals surface area contributed by atoms with E-state index in [-0.39, 0.29) is 13.2 Å². The zero-order chi connectivity index (χ0) is 22.9. The maximum atomic E-state index is 12.6. The maximum Gasteiger partial charge on any atom is 0.339 e. The first-order valence-corrected chi connectivity index (χ1v) is 10.8. The zero-order valence-electron chi connectivity index (χ0n) is 18.2. The molecule has 0 radical (unpaired) electrons. The summed E-state index contributed by atoms with van der Waals surface area (Å²) in [5, 5.41) is 2.76. The fraction of sp³-hybridized carbons (Fsp3) is 0.231. The third kappa shape index (κ3) is 6.33. The molecule has 1 saturated heterocycles. The van der Waals surface area contributed by atoms with Crippen LogP contribution in [-0.2, 0) is 20.9 Å². The molecule has 0 saturated carbocycles. The molecule has 0 unspecified atom stereocenters. The lowest BCUT2D eigenvalue weighted by Gasteiger charge is -2.28. The lowest BCUT2D eigenvalue weighted by Crippen LogP contribution is -2.36. The number of carbonyl (C=O) groups excluding carboxylic acids is 2. The van der Waals surface area contributed by atoms with Gasteiger partial charge in [-0.25, -0.2) is 4.79 Å².